The zero-order valence-corrected chi connectivity index (χ0v) is 15.9. The second-order valence-corrected chi connectivity index (χ2v) is 8.39. The number of benzene rings is 2. The maximum absolute atomic E-state index is 10.8. The molecule has 0 aliphatic carbocycles. The average Bonchev–Trinajstić information content (AvgIpc) is 2.44. The molecule has 2 aromatic carbocycles. The molecule has 0 aromatic heterocycles. The predicted octanol–water partition coefficient (Wildman–Crippen LogP) is 3.98. The summed E-state index contributed by atoms with van der Waals surface area (Å²) < 4.78 is 0. The summed E-state index contributed by atoms with van der Waals surface area (Å²) in [5, 5.41) is 13.0. The van der Waals surface area contributed by atoms with E-state index >= 15 is 0 Å². The minimum atomic E-state index is -0.0731. The lowest BCUT2D eigenvalue weighted by Crippen LogP contribution is -2.17. The van der Waals surface area contributed by atoms with Crippen LogP contribution in [0.4, 0.5) is 0 Å². The maximum Gasteiger partial charge on any atom is 0.127 e. The largest absolute Gasteiger partial charge is 0.507 e. The summed E-state index contributed by atoms with van der Waals surface area (Å²) in [4.78, 5) is 4.16. The van der Waals surface area contributed by atoms with Crippen molar-refractivity contribution < 1.29 is 5.11 Å². The fourth-order valence-corrected chi connectivity index (χ4v) is 3.92. The molecular formula is C20H26NOP. The zero-order chi connectivity index (χ0) is 17.2. The molecule has 2 nitrogen and oxygen atoms in total. The van der Waals surface area contributed by atoms with Crippen molar-refractivity contribution in [2.24, 2.45) is 4.99 Å². The molecular weight excluding hydrogens is 301 g/mol. The van der Waals surface area contributed by atoms with Gasteiger partial charge in [0, 0.05) is 29.7 Å². The fraction of sp³-hybridized carbons (Fsp3) is 0.350. The molecule has 0 saturated carbocycles. The molecule has 0 heterocycles. The Balaban J connectivity index is 2.51. The molecule has 0 radical (unpaired) electrons. The van der Waals surface area contributed by atoms with Crippen molar-refractivity contribution in [3.63, 3.8) is 0 Å². The Morgan fingerprint density at radius 1 is 1.00 bits per heavy atom. The number of hydrogen-bond donors (Lipinski definition) is 1. The lowest BCUT2D eigenvalue weighted by atomic mass is 9.85. The smallest absolute Gasteiger partial charge is 0.127 e. The van der Waals surface area contributed by atoms with E-state index in [1.54, 1.807) is 7.05 Å². The summed E-state index contributed by atoms with van der Waals surface area (Å²) in [6.45, 7) is 10.6. The lowest BCUT2D eigenvalue weighted by Gasteiger charge is -2.23. The highest BCUT2D eigenvalue weighted by molar-refractivity contribution is 7.56. The number of aliphatic imine (C=N–C) groups is 1. The molecule has 0 bridgehead atoms. The minimum Gasteiger partial charge on any atom is -0.507 e. The van der Waals surface area contributed by atoms with Crippen molar-refractivity contribution in [3.05, 3.63) is 52.6 Å². The number of phenolic OH excluding ortho intramolecular Hbond substituents is 1. The first-order chi connectivity index (χ1) is 10.7. The number of nitrogens with zero attached hydrogens (tertiary/aromatic N) is 1. The van der Waals surface area contributed by atoms with E-state index in [-0.39, 0.29) is 5.41 Å². The molecule has 1 unspecified atom stereocenters. The van der Waals surface area contributed by atoms with Crippen LogP contribution in [0.25, 0.3) is 0 Å². The van der Waals surface area contributed by atoms with Crippen LogP contribution < -0.4 is 10.6 Å². The topological polar surface area (TPSA) is 32.6 Å². The Labute approximate surface area is 141 Å². The maximum atomic E-state index is 10.8. The van der Waals surface area contributed by atoms with E-state index in [0.29, 0.717) is 14.3 Å². The van der Waals surface area contributed by atoms with Gasteiger partial charge in [-0.1, -0.05) is 53.1 Å². The number of aryl methyl sites for hydroxylation is 2. The van der Waals surface area contributed by atoms with Crippen LogP contribution in [0, 0.1) is 13.8 Å². The van der Waals surface area contributed by atoms with E-state index in [0.717, 1.165) is 16.4 Å². The van der Waals surface area contributed by atoms with Gasteiger partial charge in [-0.25, -0.2) is 0 Å². The standard InChI is InChI=1S/C20H26NOP/c1-13-7-8-17(15(9-13)12-21-6)23-18-11-14(2)10-16(19(18)22)20(3,4)5/h7-12,22-23H,1-6H3. The summed E-state index contributed by atoms with van der Waals surface area (Å²) in [7, 11) is 2.20. The van der Waals surface area contributed by atoms with Crippen LogP contribution in [-0.2, 0) is 5.41 Å². The summed E-state index contributed by atoms with van der Waals surface area (Å²) in [5.74, 6) is 0.432. The number of phenols is 1. The van der Waals surface area contributed by atoms with Gasteiger partial charge in [0.2, 0.25) is 0 Å². The van der Waals surface area contributed by atoms with Crippen LogP contribution in [0.15, 0.2) is 35.3 Å². The fourth-order valence-electron chi connectivity index (χ4n) is 2.63. The van der Waals surface area contributed by atoms with Crippen molar-refractivity contribution in [1.82, 2.24) is 0 Å². The van der Waals surface area contributed by atoms with Gasteiger partial charge in [0.05, 0.1) is 0 Å². The highest BCUT2D eigenvalue weighted by Gasteiger charge is 2.21. The Morgan fingerprint density at radius 3 is 2.30 bits per heavy atom. The van der Waals surface area contributed by atoms with Crippen molar-refractivity contribution in [2.75, 3.05) is 7.05 Å². The molecule has 1 N–H and O–H groups in total. The first kappa shape index (κ1) is 17.7. The molecule has 0 aliphatic rings. The van der Waals surface area contributed by atoms with Crippen LogP contribution in [0.2, 0.25) is 0 Å². The van der Waals surface area contributed by atoms with E-state index in [1.165, 1.54) is 16.4 Å². The van der Waals surface area contributed by atoms with Gasteiger partial charge in [0.1, 0.15) is 5.75 Å². The molecule has 3 heteroatoms. The van der Waals surface area contributed by atoms with Gasteiger partial charge in [0.25, 0.3) is 0 Å². The predicted molar refractivity (Wildman–Crippen MR) is 104 cm³/mol. The van der Waals surface area contributed by atoms with Gasteiger partial charge in [-0.05, 0) is 42.3 Å². The van der Waals surface area contributed by atoms with Gasteiger partial charge in [-0.2, -0.15) is 0 Å². The molecule has 0 saturated heterocycles. The molecule has 0 spiro atoms. The van der Waals surface area contributed by atoms with Crippen LogP contribution >= 0.6 is 8.58 Å². The zero-order valence-electron chi connectivity index (χ0n) is 14.9. The Kier molecular flexibility index (Phi) is 5.26. The monoisotopic (exact) mass is 327 g/mol. The highest BCUT2D eigenvalue weighted by atomic mass is 31.1. The molecule has 2 aromatic rings. The van der Waals surface area contributed by atoms with Crippen LogP contribution in [0.5, 0.6) is 5.75 Å². The van der Waals surface area contributed by atoms with E-state index in [9.17, 15) is 5.11 Å². The third kappa shape index (κ3) is 4.20. The van der Waals surface area contributed by atoms with Crippen LogP contribution in [-0.4, -0.2) is 18.4 Å². The van der Waals surface area contributed by atoms with Crippen molar-refractivity contribution in [2.45, 2.75) is 40.0 Å². The molecule has 0 aliphatic heterocycles. The van der Waals surface area contributed by atoms with Gasteiger partial charge < -0.3 is 5.11 Å². The summed E-state index contributed by atoms with van der Waals surface area (Å²) in [5.41, 5.74) is 4.48. The van der Waals surface area contributed by atoms with Crippen LogP contribution in [0.3, 0.4) is 0 Å². The van der Waals surface area contributed by atoms with Gasteiger partial charge in [-0.15, -0.1) is 0 Å². The third-order valence-corrected chi connectivity index (χ3v) is 5.18. The summed E-state index contributed by atoms with van der Waals surface area (Å²) in [6.07, 6.45) is 1.90. The first-order valence-electron chi connectivity index (χ1n) is 7.86. The van der Waals surface area contributed by atoms with E-state index in [4.69, 9.17) is 0 Å². The minimum absolute atomic E-state index is 0.0731. The molecule has 122 valence electrons. The molecule has 23 heavy (non-hydrogen) atoms. The molecule has 0 amide bonds. The van der Waals surface area contributed by atoms with E-state index in [2.05, 4.69) is 69.9 Å². The van der Waals surface area contributed by atoms with Crippen molar-refractivity contribution in [3.8, 4) is 5.75 Å². The summed E-state index contributed by atoms with van der Waals surface area (Å²) in [6, 6.07) is 10.6. The average molecular weight is 327 g/mol. The van der Waals surface area contributed by atoms with Crippen molar-refractivity contribution >= 4 is 25.4 Å². The highest BCUT2D eigenvalue weighted by Crippen LogP contribution is 2.33. The Hall–Kier alpha value is -1.66. The lowest BCUT2D eigenvalue weighted by molar-refractivity contribution is 0.450. The van der Waals surface area contributed by atoms with Gasteiger partial charge in [-0.3, -0.25) is 4.99 Å². The molecule has 1 atom stereocenters. The second kappa shape index (κ2) is 6.84. The van der Waals surface area contributed by atoms with Crippen molar-refractivity contribution in [1.29, 1.82) is 0 Å². The van der Waals surface area contributed by atoms with Gasteiger partial charge in [0.15, 0.2) is 0 Å². The molecule has 2 rings (SSSR count). The van der Waals surface area contributed by atoms with Crippen LogP contribution in [0.1, 0.15) is 43.0 Å². The molecule has 0 fully saturated rings. The van der Waals surface area contributed by atoms with E-state index < -0.39 is 0 Å². The third-order valence-electron chi connectivity index (χ3n) is 3.81. The summed E-state index contributed by atoms with van der Waals surface area (Å²) >= 11 is 0. The quantitative estimate of drug-likeness (QED) is 0.671. The SMILES string of the molecule is CN=Cc1cc(C)ccc1Pc1cc(C)cc(C(C)(C)C)c1O. The number of aromatic hydroxyl groups is 1. The Bertz CT molecular complexity index is 742. The number of rotatable bonds is 3. The first-order valence-corrected chi connectivity index (χ1v) is 8.86. The Morgan fingerprint density at radius 2 is 1.70 bits per heavy atom. The van der Waals surface area contributed by atoms with E-state index in [1.807, 2.05) is 6.21 Å². The normalized spacial score (nSPS) is 12.6. The van der Waals surface area contributed by atoms with Gasteiger partial charge >= 0.3 is 0 Å². The number of hydrogen-bond acceptors (Lipinski definition) is 2. The second-order valence-electron chi connectivity index (χ2n) is 7.06.